The minimum atomic E-state index is -3.98. The quantitative estimate of drug-likeness (QED) is 0.553. The summed E-state index contributed by atoms with van der Waals surface area (Å²) in [6.45, 7) is 3.34. The van der Waals surface area contributed by atoms with Gasteiger partial charge in [-0.3, -0.25) is 9.10 Å². The topological polar surface area (TPSA) is 84.9 Å². The fourth-order valence-corrected chi connectivity index (χ4v) is 4.57. The van der Waals surface area contributed by atoms with Crippen LogP contribution in [0, 0.1) is 13.8 Å². The van der Waals surface area contributed by atoms with Gasteiger partial charge < -0.3 is 14.8 Å². The minimum absolute atomic E-state index is 0.111. The molecule has 32 heavy (non-hydrogen) atoms. The van der Waals surface area contributed by atoms with Crippen LogP contribution in [0.2, 0.25) is 0 Å². The van der Waals surface area contributed by atoms with Crippen molar-refractivity contribution in [2.75, 3.05) is 30.4 Å². The number of sulfonamides is 1. The van der Waals surface area contributed by atoms with Crippen LogP contribution in [0.4, 0.5) is 11.4 Å². The van der Waals surface area contributed by atoms with Gasteiger partial charge in [0.05, 0.1) is 30.5 Å². The molecule has 0 bridgehead atoms. The van der Waals surface area contributed by atoms with Gasteiger partial charge in [-0.2, -0.15) is 0 Å². The van der Waals surface area contributed by atoms with Crippen molar-refractivity contribution >= 4 is 27.3 Å². The van der Waals surface area contributed by atoms with E-state index < -0.39 is 22.5 Å². The zero-order valence-electron chi connectivity index (χ0n) is 18.5. The van der Waals surface area contributed by atoms with E-state index in [2.05, 4.69) is 5.32 Å². The number of aryl methyl sites for hydroxylation is 2. The first-order chi connectivity index (χ1) is 15.2. The summed E-state index contributed by atoms with van der Waals surface area (Å²) >= 11 is 0. The number of carbonyl (C=O) groups is 1. The number of amides is 1. The second-order valence-corrected chi connectivity index (χ2v) is 9.14. The minimum Gasteiger partial charge on any atom is -0.497 e. The lowest BCUT2D eigenvalue weighted by Crippen LogP contribution is -2.38. The molecule has 3 rings (SSSR count). The number of carbonyl (C=O) groups excluding carboxylic acids is 1. The van der Waals surface area contributed by atoms with Crippen LogP contribution in [-0.4, -0.2) is 35.1 Å². The van der Waals surface area contributed by atoms with Crippen LogP contribution >= 0.6 is 0 Å². The van der Waals surface area contributed by atoms with Gasteiger partial charge in [-0.25, -0.2) is 8.42 Å². The summed E-state index contributed by atoms with van der Waals surface area (Å²) in [6, 6.07) is 18.5. The molecule has 0 fully saturated rings. The van der Waals surface area contributed by atoms with Gasteiger partial charge in [-0.15, -0.1) is 0 Å². The Bertz CT molecular complexity index is 1210. The molecule has 0 aliphatic rings. The van der Waals surface area contributed by atoms with Crippen LogP contribution < -0.4 is 19.1 Å². The highest BCUT2D eigenvalue weighted by Crippen LogP contribution is 2.30. The van der Waals surface area contributed by atoms with Gasteiger partial charge in [0.25, 0.3) is 10.0 Å². The van der Waals surface area contributed by atoms with Crippen LogP contribution in [0.5, 0.6) is 11.5 Å². The van der Waals surface area contributed by atoms with Crippen LogP contribution in [-0.2, 0) is 14.8 Å². The third-order valence-corrected chi connectivity index (χ3v) is 6.66. The van der Waals surface area contributed by atoms with Gasteiger partial charge >= 0.3 is 0 Å². The third kappa shape index (κ3) is 5.20. The molecule has 0 saturated carbocycles. The lowest BCUT2D eigenvalue weighted by molar-refractivity contribution is -0.114. The zero-order valence-corrected chi connectivity index (χ0v) is 19.3. The van der Waals surface area contributed by atoms with Gasteiger partial charge in [0.1, 0.15) is 18.0 Å². The average Bonchev–Trinajstić information content (AvgIpc) is 2.78. The summed E-state index contributed by atoms with van der Waals surface area (Å²) in [5.41, 5.74) is 2.64. The number of nitrogens with zero attached hydrogens (tertiary/aromatic N) is 1. The largest absolute Gasteiger partial charge is 0.497 e. The Morgan fingerprint density at radius 2 is 1.62 bits per heavy atom. The number of nitrogens with one attached hydrogen (secondary N) is 1. The van der Waals surface area contributed by atoms with Gasteiger partial charge in [-0.1, -0.05) is 29.8 Å². The molecule has 0 aliphatic heterocycles. The third-order valence-electron chi connectivity index (χ3n) is 4.87. The highest BCUT2D eigenvalue weighted by atomic mass is 32.2. The average molecular weight is 455 g/mol. The molecule has 0 saturated heterocycles. The summed E-state index contributed by atoms with van der Waals surface area (Å²) < 4.78 is 38.5. The van der Waals surface area contributed by atoms with E-state index in [0.29, 0.717) is 22.9 Å². The molecule has 0 atom stereocenters. The first kappa shape index (κ1) is 23.1. The summed E-state index contributed by atoms with van der Waals surface area (Å²) in [5.74, 6) is 0.468. The molecule has 1 amide bonds. The Balaban J connectivity index is 1.94. The molecule has 0 unspecified atom stereocenters. The molecule has 3 aromatic carbocycles. The SMILES string of the molecule is COc1ccc(NC(=O)CN(c2cccc(C)c2)S(=O)(=O)c2ccc(C)cc2)c(OC)c1. The van der Waals surface area contributed by atoms with Crippen molar-refractivity contribution in [2.45, 2.75) is 18.7 Å². The molecule has 0 aromatic heterocycles. The molecule has 0 spiro atoms. The van der Waals surface area contributed by atoms with Crippen LogP contribution in [0.3, 0.4) is 0 Å². The van der Waals surface area contributed by atoms with Gasteiger partial charge in [0.15, 0.2) is 0 Å². The first-order valence-corrected chi connectivity index (χ1v) is 11.4. The Kier molecular flexibility index (Phi) is 7.05. The second-order valence-electron chi connectivity index (χ2n) is 7.28. The lowest BCUT2D eigenvalue weighted by atomic mass is 10.2. The molecule has 168 valence electrons. The fourth-order valence-electron chi connectivity index (χ4n) is 3.16. The predicted molar refractivity (Wildman–Crippen MR) is 125 cm³/mol. The van der Waals surface area contributed by atoms with Crippen molar-refractivity contribution < 1.29 is 22.7 Å². The van der Waals surface area contributed by atoms with E-state index in [-0.39, 0.29) is 4.90 Å². The van der Waals surface area contributed by atoms with E-state index in [4.69, 9.17) is 9.47 Å². The van der Waals surface area contributed by atoms with Gasteiger partial charge in [-0.05, 0) is 55.8 Å². The number of hydrogen-bond donors (Lipinski definition) is 1. The number of ether oxygens (including phenoxy) is 2. The van der Waals surface area contributed by atoms with Crippen molar-refractivity contribution in [3.05, 3.63) is 77.9 Å². The van der Waals surface area contributed by atoms with E-state index in [0.717, 1.165) is 15.4 Å². The van der Waals surface area contributed by atoms with E-state index in [9.17, 15) is 13.2 Å². The molecular formula is C24H26N2O5S. The van der Waals surface area contributed by atoms with Gasteiger partial charge in [0.2, 0.25) is 5.91 Å². The molecule has 0 heterocycles. The van der Waals surface area contributed by atoms with Crippen LogP contribution in [0.25, 0.3) is 0 Å². The molecule has 8 heteroatoms. The molecule has 0 radical (unpaired) electrons. The van der Waals surface area contributed by atoms with Crippen molar-refractivity contribution in [1.29, 1.82) is 0 Å². The number of hydrogen-bond acceptors (Lipinski definition) is 5. The maximum Gasteiger partial charge on any atom is 0.264 e. The smallest absolute Gasteiger partial charge is 0.264 e. The van der Waals surface area contributed by atoms with E-state index in [1.54, 1.807) is 48.5 Å². The maximum absolute atomic E-state index is 13.5. The predicted octanol–water partition coefficient (Wildman–Crippen LogP) is 4.15. The number of anilines is 2. The fraction of sp³-hybridized carbons (Fsp3) is 0.208. The van der Waals surface area contributed by atoms with Crippen molar-refractivity contribution in [3.8, 4) is 11.5 Å². The van der Waals surface area contributed by atoms with E-state index in [1.165, 1.54) is 26.4 Å². The normalized spacial score (nSPS) is 11.0. The number of rotatable bonds is 8. The summed E-state index contributed by atoms with van der Waals surface area (Å²) in [7, 11) is -0.972. The second kappa shape index (κ2) is 9.74. The Morgan fingerprint density at radius 1 is 0.906 bits per heavy atom. The van der Waals surface area contributed by atoms with Crippen LogP contribution in [0.15, 0.2) is 71.6 Å². The van der Waals surface area contributed by atoms with Crippen molar-refractivity contribution in [1.82, 2.24) is 0 Å². The monoisotopic (exact) mass is 454 g/mol. The van der Waals surface area contributed by atoms with Crippen molar-refractivity contribution in [3.63, 3.8) is 0 Å². The van der Waals surface area contributed by atoms with E-state index in [1.807, 2.05) is 19.9 Å². The lowest BCUT2D eigenvalue weighted by Gasteiger charge is -2.24. The summed E-state index contributed by atoms with van der Waals surface area (Å²) in [5, 5.41) is 2.73. The molecular weight excluding hydrogens is 428 g/mol. The Morgan fingerprint density at radius 3 is 2.25 bits per heavy atom. The van der Waals surface area contributed by atoms with Crippen molar-refractivity contribution in [2.24, 2.45) is 0 Å². The standard InChI is InChI=1S/C24H26N2O5S/c1-17-8-11-21(12-9-17)32(28,29)26(19-7-5-6-18(2)14-19)16-24(27)25-22-13-10-20(30-3)15-23(22)31-4/h5-15H,16H2,1-4H3,(H,25,27). The Labute approximate surface area is 188 Å². The highest BCUT2D eigenvalue weighted by Gasteiger charge is 2.27. The number of methoxy groups -OCH3 is 2. The molecule has 7 nitrogen and oxygen atoms in total. The van der Waals surface area contributed by atoms with Gasteiger partial charge in [0, 0.05) is 6.07 Å². The Hall–Kier alpha value is -3.52. The molecule has 1 N–H and O–H groups in total. The zero-order chi connectivity index (χ0) is 23.3. The first-order valence-electron chi connectivity index (χ1n) is 9.92. The summed E-state index contributed by atoms with van der Waals surface area (Å²) in [4.78, 5) is 13.0. The summed E-state index contributed by atoms with van der Waals surface area (Å²) in [6.07, 6.45) is 0. The van der Waals surface area contributed by atoms with E-state index >= 15 is 0 Å². The van der Waals surface area contributed by atoms with Crippen LogP contribution in [0.1, 0.15) is 11.1 Å². The molecule has 0 aliphatic carbocycles. The number of benzene rings is 3. The highest BCUT2D eigenvalue weighted by molar-refractivity contribution is 7.92. The molecule has 3 aromatic rings. The maximum atomic E-state index is 13.5.